The first kappa shape index (κ1) is 15.0. The SMILES string of the molecule is COc1ccc(C(C)Nc2cccc(Cl)c2Br)c(O)c1. The van der Waals surface area contributed by atoms with Crippen LogP contribution in [0.3, 0.4) is 0 Å². The van der Waals surface area contributed by atoms with E-state index in [-0.39, 0.29) is 11.8 Å². The van der Waals surface area contributed by atoms with Crippen molar-refractivity contribution < 1.29 is 9.84 Å². The fourth-order valence-electron chi connectivity index (χ4n) is 1.94. The maximum absolute atomic E-state index is 10.0. The van der Waals surface area contributed by atoms with Gasteiger partial charge in [-0.05, 0) is 47.1 Å². The summed E-state index contributed by atoms with van der Waals surface area (Å²) in [5.74, 6) is 0.824. The zero-order valence-corrected chi connectivity index (χ0v) is 13.5. The van der Waals surface area contributed by atoms with Gasteiger partial charge in [0.25, 0.3) is 0 Å². The Morgan fingerprint density at radius 1 is 1.30 bits per heavy atom. The van der Waals surface area contributed by atoms with Gasteiger partial charge in [-0.3, -0.25) is 0 Å². The highest BCUT2D eigenvalue weighted by Gasteiger charge is 2.13. The number of hydrogen-bond acceptors (Lipinski definition) is 3. The van der Waals surface area contributed by atoms with Gasteiger partial charge in [0.1, 0.15) is 11.5 Å². The highest BCUT2D eigenvalue weighted by Crippen LogP contribution is 2.35. The number of benzene rings is 2. The second kappa shape index (κ2) is 6.37. The van der Waals surface area contributed by atoms with Crippen molar-refractivity contribution in [2.45, 2.75) is 13.0 Å². The zero-order chi connectivity index (χ0) is 14.7. The van der Waals surface area contributed by atoms with Gasteiger partial charge >= 0.3 is 0 Å². The molecule has 0 amide bonds. The second-order valence-electron chi connectivity index (χ2n) is 4.39. The molecule has 0 bridgehead atoms. The lowest BCUT2D eigenvalue weighted by Crippen LogP contribution is -2.07. The maximum atomic E-state index is 10.0. The molecule has 106 valence electrons. The molecule has 0 radical (unpaired) electrons. The molecule has 0 aromatic heterocycles. The van der Waals surface area contributed by atoms with Crippen molar-refractivity contribution in [1.29, 1.82) is 0 Å². The Morgan fingerprint density at radius 2 is 2.05 bits per heavy atom. The Kier molecular flexibility index (Phi) is 4.78. The third kappa shape index (κ3) is 3.19. The molecule has 0 saturated heterocycles. The topological polar surface area (TPSA) is 41.5 Å². The highest BCUT2D eigenvalue weighted by molar-refractivity contribution is 9.10. The fourth-order valence-corrected chi connectivity index (χ4v) is 2.50. The zero-order valence-electron chi connectivity index (χ0n) is 11.2. The van der Waals surface area contributed by atoms with Crippen molar-refractivity contribution in [1.82, 2.24) is 0 Å². The first-order valence-corrected chi connectivity index (χ1v) is 7.27. The van der Waals surface area contributed by atoms with Crippen LogP contribution in [0.5, 0.6) is 11.5 Å². The monoisotopic (exact) mass is 355 g/mol. The number of hydrogen-bond donors (Lipinski definition) is 2. The van der Waals surface area contributed by atoms with Crippen LogP contribution in [0.25, 0.3) is 0 Å². The molecule has 0 aliphatic rings. The minimum absolute atomic E-state index is 0.0735. The predicted molar refractivity (Wildman–Crippen MR) is 85.8 cm³/mol. The van der Waals surface area contributed by atoms with E-state index in [1.54, 1.807) is 13.2 Å². The molecule has 0 heterocycles. The van der Waals surface area contributed by atoms with Gasteiger partial charge in [0.2, 0.25) is 0 Å². The average molecular weight is 357 g/mol. The van der Waals surface area contributed by atoms with Crippen LogP contribution >= 0.6 is 27.5 Å². The van der Waals surface area contributed by atoms with Gasteiger partial charge in [-0.1, -0.05) is 17.7 Å². The molecule has 0 aliphatic carbocycles. The number of rotatable bonds is 4. The number of phenolic OH excluding ortho intramolecular Hbond substituents is 1. The Labute approximate surface area is 131 Å². The number of phenols is 1. The molecule has 0 spiro atoms. The van der Waals surface area contributed by atoms with Gasteiger partial charge in [0.15, 0.2) is 0 Å². The van der Waals surface area contributed by atoms with Gasteiger partial charge in [-0.15, -0.1) is 0 Å². The van der Waals surface area contributed by atoms with E-state index in [9.17, 15) is 5.11 Å². The molecule has 0 fully saturated rings. The summed E-state index contributed by atoms with van der Waals surface area (Å²) in [5, 5.41) is 14.0. The summed E-state index contributed by atoms with van der Waals surface area (Å²) in [6.45, 7) is 1.97. The van der Waals surface area contributed by atoms with Gasteiger partial charge in [0.05, 0.1) is 28.3 Å². The van der Waals surface area contributed by atoms with E-state index in [1.165, 1.54) is 0 Å². The number of anilines is 1. The summed E-state index contributed by atoms with van der Waals surface area (Å²) in [6.07, 6.45) is 0. The van der Waals surface area contributed by atoms with Crippen LogP contribution in [0.4, 0.5) is 5.69 Å². The quantitative estimate of drug-likeness (QED) is 0.811. The maximum Gasteiger partial charge on any atom is 0.124 e. The molecule has 2 N–H and O–H groups in total. The third-order valence-corrected chi connectivity index (χ3v) is 4.43. The van der Waals surface area contributed by atoms with Gasteiger partial charge in [-0.2, -0.15) is 0 Å². The number of nitrogens with one attached hydrogen (secondary N) is 1. The minimum atomic E-state index is -0.0735. The smallest absolute Gasteiger partial charge is 0.124 e. The van der Waals surface area contributed by atoms with Crippen LogP contribution in [0, 0.1) is 0 Å². The van der Waals surface area contributed by atoms with Crippen molar-refractivity contribution in [3.05, 3.63) is 51.5 Å². The summed E-state index contributed by atoms with van der Waals surface area (Å²) in [5.41, 5.74) is 1.66. The Hall–Kier alpha value is -1.39. The molecule has 20 heavy (non-hydrogen) atoms. The molecule has 0 saturated carbocycles. The normalized spacial score (nSPS) is 12.0. The van der Waals surface area contributed by atoms with E-state index in [2.05, 4.69) is 21.2 Å². The van der Waals surface area contributed by atoms with Gasteiger partial charge in [0, 0.05) is 11.6 Å². The van der Waals surface area contributed by atoms with Crippen molar-refractivity contribution >= 4 is 33.2 Å². The Bertz CT molecular complexity index is 619. The van der Waals surface area contributed by atoms with Crippen LogP contribution in [0.15, 0.2) is 40.9 Å². The first-order chi connectivity index (χ1) is 9.52. The van der Waals surface area contributed by atoms with Crippen LogP contribution in [-0.4, -0.2) is 12.2 Å². The predicted octanol–water partition coefficient (Wildman–Crippen LogP) is 4.99. The molecule has 2 rings (SSSR count). The molecule has 5 heteroatoms. The lowest BCUT2D eigenvalue weighted by molar-refractivity contribution is 0.406. The van der Waals surface area contributed by atoms with Gasteiger partial charge in [-0.25, -0.2) is 0 Å². The number of halogens is 2. The summed E-state index contributed by atoms with van der Waals surface area (Å²) in [6, 6.07) is 10.8. The van der Waals surface area contributed by atoms with Crippen molar-refractivity contribution in [3.8, 4) is 11.5 Å². The second-order valence-corrected chi connectivity index (χ2v) is 5.59. The molecule has 0 aliphatic heterocycles. The van der Waals surface area contributed by atoms with Crippen LogP contribution < -0.4 is 10.1 Å². The largest absolute Gasteiger partial charge is 0.507 e. The third-order valence-electron chi connectivity index (χ3n) is 3.03. The van der Waals surface area contributed by atoms with Crippen LogP contribution in [0.1, 0.15) is 18.5 Å². The minimum Gasteiger partial charge on any atom is -0.507 e. The number of ether oxygens (including phenoxy) is 1. The van der Waals surface area contributed by atoms with E-state index in [4.69, 9.17) is 16.3 Å². The van der Waals surface area contributed by atoms with E-state index in [0.29, 0.717) is 10.8 Å². The Balaban J connectivity index is 2.24. The van der Waals surface area contributed by atoms with E-state index < -0.39 is 0 Å². The van der Waals surface area contributed by atoms with E-state index >= 15 is 0 Å². The molecule has 2 aromatic carbocycles. The lowest BCUT2D eigenvalue weighted by atomic mass is 10.1. The summed E-state index contributed by atoms with van der Waals surface area (Å²) in [4.78, 5) is 0. The molecule has 1 atom stereocenters. The highest BCUT2D eigenvalue weighted by atomic mass is 79.9. The van der Waals surface area contributed by atoms with Crippen LogP contribution in [-0.2, 0) is 0 Å². The van der Waals surface area contributed by atoms with Crippen LogP contribution in [0.2, 0.25) is 5.02 Å². The van der Waals surface area contributed by atoms with Crippen molar-refractivity contribution in [2.24, 2.45) is 0 Å². The molecule has 3 nitrogen and oxygen atoms in total. The number of aromatic hydroxyl groups is 1. The fraction of sp³-hybridized carbons (Fsp3) is 0.200. The summed E-state index contributed by atoms with van der Waals surface area (Å²) < 4.78 is 5.88. The van der Waals surface area contributed by atoms with E-state index in [0.717, 1.165) is 15.7 Å². The van der Waals surface area contributed by atoms with Crippen molar-refractivity contribution in [3.63, 3.8) is 0 Å². The van der Waals surface area contributed by atoms with E-state index in [1.807, 2.05) is 37.3 Å². The molecule has 1 unspecified atom stereocenters. The van der Waals surface area contributed by atoms with Crippen molar-refractivity contribution in [2.75, 3.05) is 12.4 Å². The first-order valence-electron chi connectivity index (χ1n) is 6.10. The number of methoxy groups -OCH3 is 1. The molecular formula is C15H15BrClNO2. The standard InChI is InChI=1S/C15H15BrClNO2/c1-9(11-7-6-10(20-2)8-14(11)19)18-13-5-3-4-12(17)15(13)16/h3-9,18-19H,1-2H3. The molecular weight excluding hydrogens is 342 g/mol. The van der Waals surface area contributed by atoms with Gasteiger partial charge < -0.3 is 15.2 Å². The summed E-state index contributed by atoms with van der Waals surface area (Å²) in [7, 11) is 1.57. The molecule has 2 aromatic rings. The Morgan fingerprint density at radius 3 is 2.70 bits per heavy atom. The summed E-state index contributed by atoms with van der Waals surface area (Å²) >= 11 is 9.51. The lowest BCUT2D eigenvalue weighted by Gasteiger charge is -2.18. The average Bonchev–Trinajstić information content (AvgIpc) is 2.43.